The van der Waals surface area contributed by atoms with Crippen LogP contribution in [-0.2, 0) is 21.7 Å². The van der Waals surface area contributed by atoms with Crippen molar-refractivity contribution in [3.8, 4) is 67.5 Å². The van der Waals surface area contributed by atoms with Gasteiger partial charge in [0.15, 0.2) is 0 Å². The number of para-hydroxylation sites is 1. The zero-order valence-electron chi connectivity index (χ0n) is 40.1. The molecule has 0 aliphatic carbocycles. The molecule has 0 amide bonds. The minimum atomic E-state index is -0.0913. The predicted molar refractivity (Wildman–Crippen MR) is 263 cm³/mol. The van der Waals surface area contributed by atoms with Crippen LogP contribution in [0.5, 0.6) is 23.0 Å². The molecule has 0 fully saturated rings. The summed E-state index contributed by atoms with van der Waals surface area (Å²) in [6.07, 6.45) is 0.627. The molecule has 0 atom stereocenters. The summed E-state index contributed by atoms with van der Waals surface area (Å²) in [4.78, 5) is 0. The van der Waals surface area contributed by atoms with Gasteiger partial charge in [0.2, 0.25) is 0 Å². The van der Waals surface area contributed by atoms with E-state index in [9.17, 15) is 10.2 Å². The zero-order chi connectivity index (χ0) is 45.5. The molecule has 4 nitrogen and oxygen atoms in total. The predicted octanol–water partition coefficient (Wildman–Crippen LogP) is 15.7. The van der Waals surface area contributed by atoms with Gasteiger partial charge in [-0.3, -0.25) is 0 Å². The molecule has 4 heteroatoms. The van der Waals surface area contributed by atoms with Crippen LogP contribution < -0.4 is 9.47 Å². The molecular formula is C58H70O4. The molecule has 0 unspecified atom stereocenters. The average molecular weight is 831 g/mol. The number of ether oxygens (including phenoxy) is 2. The summed E-state index contributed by atoms with van der Waals surface area (Å²) in [5.41, 5.74) is 13.9. The number of aromatic hydroxyl groups is 2. The summed E-state index contributed by atoms with van der Waals surface area (Å²) in [7, 11) is 0. The fourth-order valence-electron chi connectivity index (χ4n) is 7.98. The maximum Gasteiger partial charge on any atom is 0.135 e. The van der Waals surface area contributed by atoms with Crippen LogP contribution in [0.15, 0.2) is 103 Å². The van der Waals surface area contributed by atoms with Crippen LogP contribution in [0.2, 0.25) is 0 Å². The highest BCUT2D eigenvalue weighted by atomic mass is 16.5. The second-order valence-electron chi connectivity index (χ2n) is 21.6. The van der Waals surface area contributed by atoms with E-state index in [4.69, 9.17) is 9.47 Å². The Bertz CT molecular complexity index is 2350. The molecule has 0 heterocycles. The molecule has 0 aromatic heterocycles. The summed E-state index contributed by atoms with van der Waals surface area (Å²) in [5.74, 6) is 1.80. The van der Waals surface area contributed by atoms with Gasteiger partial charge in [-0.05, 0) is 141 Å². The highest BCUT2D eigenvalue weighted by Crippen LogP contribution is 2.50. The smallest absolute Gasteiger partial charge is 0.135 e. The van der Waals surface area contributed by atoms with Crippen LogP contribution in [0.3, 0.4) is 0 Å². The molecule has 6 aromatic rings. The molecule has 0 radical (unpaired) electrons. The highest BCUT2D eigenvalue weighted by molar-refractivity contribution is 5.93. The van der Waals surface area contributed by atoms with E-state index in [1.807, 2.05) is 30.3 Å². The minimum Gasteiger partial charge on any atom is -0.507 e. The van der Waals surface area contributed by atoms with Crippen LogP contribution in [-0.4, -0.2) is 23.4 Å². The van der Waals surface area contributed by atoms with E-state index in [1.54, 1.807) is 0 Å². The Morgan fingerprint density at radius 3 is 1.06 bits per heavy atom. The van der Waals surface area contributed by atoms with Crippen molar-refractivity contribution in [2.24, 2.45) is 0 Å². The number of hydrogen-bond donors (Lipinski definition) is 2. The quantitative estimate of drug-likeness (QED) is 0.135. The van der Waals surface area contributed by atoms with Crippen molar-refractivity contribution >= 4 is 0 Å². The highest BCUT2D eigenvalue weighted by Gasteiger charge is 2.27. The van der Waals surface area contributed by atoms with E-state index in [2.05, 4.69) is 177 Å². The monoisotopic (exact) mass is 831 g/mol. The van der Waals surface area contributed by atoms with Crippen LogP contribution >= 0.6 is 0 Å². The van der Waals surface area contributed by atoms with Gasteiger partial charge in [-0.25, -0.2) is 0 Å². The number of phenolic OH excluding ortho intramolecular Hbond substituents is 2. The summed E-state index contributed by atoms with van der Waals surface area (Å²) >= 11 is 0. The second-order valence-corrected chi connectivity index (χ2v) is 21.6. The summed E-state index contributed by atoms with van der Waals surface area (Å²) in [6, 6.07) is 35.8. The SMILES string of the molecule is Cc1cc(-c2cc(C(C)(C)C)cc(C(C)(C)C)c2)c(O)c(-c2cc(C)cc(-c3cc(C)cc(-c4cc(C(C)(C)C)cc(C(C)(C)C)c4)c3O)c2OCCCOc2ccccc2)c1. The van der Waals surface area contributed by atoms with Crippen molar-refractivity contribution < 1.29 is 19.7 Å². The molecule has 0 spiro atoms. The third kappa shape index (κ3) is 10.4. The number of hydrogen-bond acceptors (Lipinski definition) is 4. The van der Waals surface area contributed by atoms with Gasteiger partial charge in [-0.15, -0.1) is 0 Å². The first-order valence-electron chi connectivity index (χ1n) is 22.3. The Morgan fingerprint density at radius 2 is 0.710 bits per heavy atom. The second kappa shape index (κ2) is 17.4. The molecule has 0 aliphatic heterocycles. The lowest BCUT2D eigenvalue weighted by Crippen LogP contribution is -2.16. The Labute approximate surface area is 373 Å². The van der Waals surface area contributed by atoms with E-state index >= 15 is 0 Å². The van der Waals surface area contributed by atoms with Crippen molar-refractivity contribution in [3.05, 3.63) is 142 Å². The van der Waals surface area contributed by atoms with Gasteiger partial charge in [-0.2, -0.15) is 0 Å². The van der Waals surface area contributed by atoms with Crippen LogP contribution in [0.4, 0.5) is 0 Å². The fraction of sp³-hybridized carbons (Fsp3) is 0.379. The zero-order valence-corrected chi connectivity index (χ0v) is 40.1. The molecule has 0 saturated heterocycles. The molecule has 0 bridgehead atoms. The Hall–Kier alpha value is -5.48. The van der Waals surface area contributed by atoms with Crippen LogP contribution in [0.25, 0.3) is 44.5 Å². The normalized spacial score (nSPS) is 12.4. The van der Waals surface area contributed by atoms with E-state index in [1.165, 1.54) is 22.3 Å². The van der Waals surface area contributed by atoms with Crippen molar-refractivity contribution in [1.82, 2.24) is 0 Å². The standard InChI is InChI=1S/C58H70O4/c1-36-24-46(39-30-41(55(4,5)6)34-42(31-39)56(7,8)9)52(59)48(26-36)50-28-38(3)29-51(54(50)62-23-19-22-61-45-20-17-16-18-21-45)49-27-37(2)25-47(53(49)60)40-32-43(57(10,11)12)35-44(33-40)58(13,14)15/h16-18,20-21,24-35,59-60H,19,22-23H2,1-15H3. The Morgan fingerprint density at radius 1 is 0.387 bits per heavy atom. The fourth-order valence-corrected chi connectivity index (χ4v) is 7.98. The number of phenols is 2. The minimum absolute atomic E-state index is 0.0913. The molecular weight excluding hydrogens is 761 g/mol. The first kappa shape index (κ1) is 46.0. The van der Waals surface area contributed by atoms with Crippen molar-refractivity contribution in [2.75, 3.05) is 13.2 Å². The van der Waals surface area contributed by atoms with Gasteiger partial charge in [-0.1, -0.05) is 138 Å². The van der Waals surface area contributed by atoms with E-state index in [0.29, 0.717) is 36.5 Å². The van der Waals surface area contributed by atoms with E-state index < -0.39 is 0 Å². The van der Waals surface area contributed by atoms with Crippen LogP contribution in [0.1, 0.15) is 128 Å². The Kier molecular flexibility index (Phi) is 12.9. The van der Waals surface area contributed by atoms with Gasteiger partial charge >= 0.3 is 0 Å². The Balaban J connectivity index is 1.58. The molecule has 0 aliphatic rings. The maximum atomic E-state index is 12.6. The third-order valence-corrected chi connectivity index (χ3v) is 11.8. The lowest BCUT2D eigenvalue weighted by molar-refractivity contribution is 0.248. The van der Waals surface area contributed by atoms with Crippen molar-refractivity contribution in [2.45, 2.75) is 132 Å². The van der Waals surface area contributed by atoms with Crippen molar-refractivity contribution in [1.29, 1.82) is 0 Å². The van der Waals surface area contributed by atoms with Gasteiger partial charge in [0.1, 0.15) is 23.0 Å². The summed E-state index contributed by atoms with van der Waals surface area (Å²) in [5, 5.41) is 25.1. The van der Waals surface area contributed by atoms with E-state index in [0.717, 1.165) is 55.8 Å². The van der Waals surface area contributed by atoms with Gasteiger partial charge < -0.3 is 19.7 Å². The molecule has 326 valence electrons. The first-order chi connectivity index (χ1) is 28.8. The molecule has 6 rings (SSSR count). The molecule has 6 aromatic carbocycles. The first-order valence-corrected chi connectivity index (χ1v) is 22.3. The van der Waals surface area contributed by atoms with Crippen molar-refractivity contribution in [3.63, 3.8) is 0 Å². The lowest BCUT2D eigenvalue weighted by atomic mass is 9.78. The van der Waals surface area contributed by atoms with Crippen LogP contribution in [0, 0.1) is 20.8 Å². The number of rotatable bonds is 10. The van der Waals surface area contributed by atoms with Gasteiger partial charge in [0.05, 0.1) is 13.2 Å². The lowest BCUT2D eigenvalue weighted by Gasteiger charge is -2.27. The van der Waals surface area contributed by atoms with E-state index in [-0.39, 0.29) is 33.2 Å². The molecule has 0 saturated carbocycles. The maximum absolute atomic E-state index is 12.6. The summed E-state index contributed by atoms with van der Waals surface area (Å²) < 4.78 is 13.0. The largest absolute Gasteiger partial charge is 0.507 e. The summed E-state index contributed by atoms with van der Waals surface area (Å²) in [6.45, 7) is 33.9. The number of benzene rings is 6. The number of aryl methyl sites for hydroxylation is 3. The third-order valence-electron chi connectivity index (χ3n) is 11.8. The average Bonchev–Trinajstić information content (AvgIpc) is 3.18. The van der Waals surface area contributed by atoms with Gasteiger partial charge in [0.25, 0.3) is 0 Å². The molecule has 2 N–H and O–H groups in total. The van der Waals surface area contributed by atoms with Gasteiger partial charge in [0, 0.05) is 39.8 Å². The topological polar surface area (TPSA) is 58.9 Å². The molecule has 62 heavy (non-hydrogen) atoms.